The maximum atomic E-state index is 13.2. The molecule has 1 heterocycles. The summed E-state index contributed by atoms with van der Waals surface area (Å²) in [5.41, 5.74) is 1.60. The molecule has 4 nitrogen and oxygen atoms in total. The monoisotopic (exact) mass is 329 g/mol. The van der Waals surface area contributed by atoms with Gasteiger partial charge in [-0.25, -0.2) is 8.42 Å². The van der Waals surface area contributed by atoms with Gasteiger partial charge in [-0.3, -0.25) is 0 Å². The van der Waals surface area contributed by atoms with E-state index in [-0.39, 0.29) is 12.0 Å². The van der Waals surface area contributed by atoms with E-state index in [1.165, 1.54) is 4.31 Å². The number of hydrogen-bond donors (Lipinski definition) is 1. The molecule has 1 aliphatic carbocycles. The van der Waals surface area contributed by atoms with Gasteiger partial charge in [0.15, 0.2) is 0 Å². The van der Waals surface area contributed by atoms with Gasteiger partial charge in [-0.2, -0.15) is 4.31 Å². The van der Waals surface area contributed by atoms with Crippen LogP contribution in [0, 0.1) is 5.92 Å². The minimum absolute atomic E-state index is 0.270. The van der Waals surface area contributed by atoms with E-state index in [0.717, 1.165) is 18.4 Å². The topological polar surface area (TPSA) is 57.6 Å². The number of nitrogens with zero attached hydrogens (tertiary/aromatic N) is 1. The van der Waals surface area contributed by atoms with Gasteiger partial charge in [0, 0.05) is 12.1 Å². The average molecular weight is 329 g/mol. The highest BCUT2D eigenvalue weighted by Gasteiger charge is 2.49. The van der Waals surface area contributed by atoms with Crippen LogP contribution in [0.4, 0.5) is 0 Å². The Labute approximate surface area is 136 Å². The van der Waals surface area contributed by atoms with Gasteiger partial charge in [-0.15, -0.1) is 0 Å². The van der Waals surface area contributed by atoms with Crippen molar-refractivity contribution in [3.8, 4) is 11.1 Å². The number of sulfonamides is 1. The smallest absolute Gasteiger partial charge is 0.244 e. The fourth-order valence-electron chi connectivity index (χ4n) is 3.89. The van der Waals surface area contributed by atoms with Crippen molar-refractivity contribution in [3.05, 3.63) is 54.6 Å². The van der Waals surface area contributed by atoms with Crippen molar-refractivity contribution >= 4 is 10.0 Å². The molecule has 2 aromatic carbocycles. The van der Waals surface area contributed by atoms with Crippen molar-refractivity contribution in [2.24, 2.45) is 5.92 Å². The minimum atomic E-state index is -3.61. The first-order valence-electron chi connectivity index (χ1n) is 7.92. The molecule has 3 atom stereocenters. The molecule has 0 radical (unpaired) electrons. The van der Waals surface area contributed by atoms with Gasteiger partial charge in [0.05, 0.1) is 17.0 Å². The summed E-state index contributed by atoms with van der Waals surface area (Å²) in [5, 5.41) is 10.1. The number of benzene rings is 2. The highest BCUT2D eigenvalue weighted by Crippen LogP contribution is 2.42. The second kappa shape index (κ2) is 5.44. The first-order chi connectivity index (χ1) is 11.1. The van der Waals surface area contributed by atoms with Crippen LogP contribution >= 0.6 is 0 Å². The van der Waals surface area contributed by atoms with Gasteiger partial charge in [0.25, 0.3) is 0 Å². The lowest BCUT2D eigenvalue weighted by Gasteiger charge is -2.30. The van der Waals surface area contributed by atoms with E-state index in [4.69, 9.17) is 0 Å². The molecule has 1 saturated carbocycles. The quantitative estimate of drug-likeness (QED) is 0.941. The van der Waals surface area contributed by atoms with E-state index in [2.05, 4.69) is 0 Å². The molecular formula is C18H19NO3S. The molecule has 0 unspecified atom stereocenters. The zero-order valence-electron chi connectivity index (χ0n) is 12.7. The fourth-order valence-corrected chi connectivity index (χ4v) is 5.85. The number of aliphatic hydroxyl groups is 1. The number of rotatable bonds is 3. The van der Waals surface area contributed by atoms with E-state index >= 15 is 0 Å². The molecule has 2 aromatic rings. The normalized spacial score (nSPS) is 27.4. The second-order valence-electron chi connectivity index (χ2n) is 6.41. The number of fused-ring (bicyclic) bond motifs is 2. The molecule has 0 spiro atoms. The van der Waals surface area contributed by atoms with Crippen molar-refractivity contribution in [2.45, 2.75) is 29.9 Å². The molecule has 2 aliphatic rings. The van der Waals surface area contributed by atoms with Crippen molar-refractivity contribution in [2.75, 3.05) is 6.54 Å². The number of piperidine rings is 1. The molecule has 0 aromatic heterocycles. The van der Waals surface area contributed by atoms with Crippen LogP contribution in [-0.2, 0) is 10.0 Å². The molecule has 1 aliphatic heterocycles. The van der Waals surface area contributed by atoms with Gasteiger partial charge in [0.1, 0.15) is 0 Å². The first-order valence-corrected chi connectivity index (χ1v) is 9.36. The Morgan fingerprint density at radius 1 is 0.957 bits per heavy atom. The molecule has 2 bridgehead atoms. The van der Waals surface area contributed by atoms with Crippen molar-refractivity contribution in [1.82, 2.24) is 4.31 Å². The summed E-state index contributed by atoms with van der Waals surface area (Å²) in [6.07, 6.45) is 0.956. The molecule has 1 saturated heterocycles. The molecule has 2 fully saturated rings. The lowest BCUT2D eigenvalue weighted by Crippen LogP contribution is -2.44. The maximum absolute atomic E-state index is 13.2. The first kappa shape index (κ1) is 14.9. The lowest BCUT2D eigenvalue weighted by molar-refractivity contribution is 0.0963. The third kappa shape index (κ3) is 2.40. The Hall–Kier alpha value is -1.69. The van der Waals surface area contributed by atoms with Gasteiger partial charge < -0.3 is 5.11 Å². The Morgan fingerprint density at radius 3 is 2.35 bits per heavy atom. The molecule has 0 amide bonds. The maximum Gasteiger partial charge on any atom is 0.244 e. The number of hydrogen-bond acceptors (Lipinski definition) is 3. The Kier molecular flexibility index (Phi) is 3.52. The van der Waals surface area contributed by atoms with E-state index in [1.807, 2.05) is 42.5 Å². The van der Waals surface area contributed by atoms with E-state index < -0.39 is 16.1 Å². The van der Waals surface area contributed by atoms with Crippen LogP contribution in [0.2, 0.25) is 0 Å². The highest BCUT2D eigenvalue weighted by atomic mass is 32.2. The largest absolute Gasteiger partial charge is 0.391 e. The molecule has 120 valence electrons. The lowest BCUT2D eigenvalue weighted by atomic mass is 10.1. The van der Waals surface area contributed by atoms with Crippen LogP contribution in [0.5, 0.6) is 0 Å². The van der Waals surface area contributed by atoms with E-state index in [9.17, 15) is 13.5 Å². The molecule has 1 N–H and O–H groups in total. The van der Waals surface area contributed by atoms with E-state index in [1.54, 1.807) is 12.1 Å². The third-order valence-corrected chi connectivity index (χ3v) is 6.91. The van der Waals surface area contributed by atoms with Crippen LogP contribution in [0.25, 0.3) is 11.1 Å². The van der Waals surface area contributed by atoms with E-state index in [0.29, 0.717) is 17.0 Å². The molecule has 5 heteroatoms. The van der Waals surface area contributed by atoms with Gasteiger partial charge in [-0.1, -0.05) is 48.5 Å². The summed E-state index contributed by atoms with van der Waals surface area (Å²) >= 11 is 0. The van der Waals surface area contributed by atoms with Crippen LogP contribution in [-0.4, -0.2) is 36.5 Å². The molecule has 23 heavy (non-hydrogen) atoms. The predicted octanol–water partition coefficient (Wildman–Crippen LogP) is 2.50. The van der Waals surface area contributed by atoms with Crippen molar-refractivity contribution < 1.29 is 13.5 Å². The summed E-state index contributed by atoms with van der Waals surface area (Å²) in [5.74, 6) is 0.286. The number of aliphatic hydroxyl groups excluding tert-OH is 1. The van der Waals surface area contributed by atoms with Gasteiger partial charge in [0.2, 0.25) is 10.0 Å². The average Bonchev–Trinajstić information content (AvgIpc) is 3.15. The van der Waals surface area contributed by atoms with Crippen molar-refractivity contribution in [3.63, 3.8) is 0 Å². The van der Waals surface area contributed by atoms with Crippen LogP contribution < -0.4 is 0 Å². The summed E-state index contributed by atoms with van der Waals surface area (Å²) in [6, 6.07) is 16.4. The van der Waals surface area contributed by atoms with Crippen LogP contribution in [0.3, 0.4) is 0 Å². The Morgan fingerprint density at radius 2 is 1.65 bits per heavy atom. The zero-order chi connectivity index (χ0) is 16.0. The Balaban J connectivity index is 1.79. The molecule has 4 rings (SSSR count). The summed E-state index contributed by atoms with van der Waals surface area (Å²) in [6.45, 7) is 0.521. The predicted molar refractivity (Wildman–Crippen MR) is 88.3 cm³/mol. The third-order valence-electron chi connectivity index (χ3n) is 4.96. The summed E-state index contributed by atoms with van der Waals surface area (Å²) in [7, 11) is -3.61. The standard InChI is InChI=1S/C18H19NO3S/c20-17-11-13-10-16(17)19(12-13)23(21,22)18-9-5-4-8-15(18)14-6-2-1-3-7-14/h1-9,13,16-17,20H,10-12H2/t13-,16+,17+/m0/s1. The van der Waals surface area contributed by atoms with Gasteiger partial charge in [-0.05, 0) is 30.4 Å². The van der Waals surface area contributed by atoms with Gasteiger partial charge >= 0.3 is 0 Å². The minimum Gasteiger partial charge on any atom is -0.391 e. The SMILES string of the molecule is O=S(=O)(c1ccccc1-c1ccccc1)N1C[C@@H]2C[C@@H](O)[C@H]1C2. The second-order valence-corrected chi connectivity index (χ2v) is 8.27. The van der Waals surface area contributed by atoms with Crippen molar-refractivity contribution in [1.29, 1.82) is 0 Å². The Bertz CT molecular complexity index is 819. The van der Waals surface area contributed by atoms with Crippen LogP contribution in [0.15, 0.2) is 59.5 Å². The molecular weight excluding hydrogens is 310 g/mol. The zero-order valence-corrected chi connectivity index (χ0v) is 13.5. The van der Waals surface area contributed by atoms with Crippen LogP contribution in [0.1, 0.15) is 12.8 Å². The highest BCUT2D eigenvalue weighted by molar-refractivity contribution is 7.89. The fraction of sp³-hybridized carbons (Fsp3) is 0.333. The summed E-state index contributed by atoms with van der Waals surface area (Å²) in [4.78, 5) is 0.325. The summed E-state index contributed by atoms with van der Waals surface area (Å²) < 4.78 is 27.9.